The molecule has 1 spiro atoms. The lowest BCUT2D eigenvalue weighted by molar-refractivity contribution is -0.157. The van der Waals surface area contributed by atoms with Crippen molar-refractivity contribution in [3.05, 3.63) is 59.2 Å². The van der Waals surface area contributed by atoms with E-state index < -0.39 is 56.9 Å². The van der Waals surface area contributed by atoms with E-state index in [0.29, 0.717) is 31.9 Å². The first-order valence-corrected chi connectivity index (χ1v) is 13.5. The van der Waals surface area contributed by atoms with Crippen LogP contribution in [0.5, 0.6) is 0 Å². The Hall–Kier alpha value is -2.50. The second-order valence-electron chi connectivity index (χ2n) is 9.83. The molecule has 3 fully saturated rings. The lowest BCUT2D eigenvalue weighted by Gasteiger charge is -2.34. The lowest BCUT2D eigenvalue weighted by atomic mass is 9.91. The van der Waals surface area contributed by atoms with Crippen molar-refractivity contribution in [1.82, 2.24) is 9.62 Å². The fraction of sp³-hybridized carbons (Fsp3) is 0.480. The number of halogens is 4. The molecule has 0 bridgehead atoms. The van der Waals surface area contributed by atoms with Crippen LogP contribution < -0.4 is 4.72 Å². The van der Waals surface area contributed by atoms with Crippen LogP contribution in [0.3, 0.4) is 0 Å². The molecule has 2 aromatic rings. The molecule has 1 aliphatic carbocycles. The zero-order chi connectivity index (χ0) is 25.8. The van der Waals surface area contributed by atoms with Gasteiger partial charge in [-0.1, -0.05) is 0 Å². The van der Waals surface area contributed by atoms with Crippen LogP contribution in [0.2, 0.25) is 0 Å². The molecule has 0 radical (unpaired) electrons. The van der Waals surface area contributed by atoms with Gasteiger partial charge in [-0.15, -0.1) is 0 Å². The number of benzene rings is 2. The van der Waals surface area contributed by atoms with Crippen molar-refractivity contribution in [3.63, 3.8) is 0 Å². The quantitative estimate of drug-likeness (QED) is 0.560. The van der Waals surface area contributed by atoms with Gasteiger partial charge in [0.2, 0.25) is 10.0 Å². The van der Waals surface area contributed by atoms with Crippen molar-refractivity contribution >= 4 is 15.9 Å². The van der Waals surface area contributed by atoms with Crippen molar-refractivity contribution in [2.75, 3.05) is 18.9 Å². The summed E-state index contributed by atoms with van der Waals surface area (Å²) in [6.45, 7) is 2.22. The maximum atomic E-state index is 15.7. The predicted octanol–water partition coefficient (Wildman–Crippen LogP) is 3.54. The van der Waals surface area contributed by atoms with Crippen molar-refractivity contribution in [1.29, 1.82) is 0 Å². The smallest absolute Gasteiger partial charge is 0.252 e. The Balaban J connectivity index is 1.55. The number of hydrogen-bond donors (Lipinski definition) is 1. The number of likely N-dealkylation sites (tertiary alicyclic amines) is 1. The number of ether oxygens (including phenoxy) is 1. The molecular weight excluding hydrogens is 500 g/mol. The average Bonchev–Trinajstić information content (AvgIpc) is 3.49. The molecule has 1 N–H and O–H groups in total. The van der Waals surface area contributed by atoms with Crippen LogP contribution in [0.1, 0.15) is 31.7 Å². The summed E-state index contributed by atoms with van der Waals surface area (Å²) in [5.41, 5.74) is -1.10. The molecule has 5 rings (SSSR count). The molecular formula is C25H26F4N2O4S. The van der Waals surface area contributed by atoms with Gasteiger partial charge in [-0.2, -0.15) is 0 Å². The van der Waals surface area contributed by atoms with E-state index in [1.807, 2.05) is 0 Å². The van der Waals surface area contributed by atoms with E-state index >= 15 is 4.39 Å². The molecule has 1 amide bonds. The Kier molecular flexibility index (Phi) is 6.37. The number of nitrogens with one attached hydrogen (secondary N) is 1. The number of amides is 1. The van der Waals surface area contributed by atoms with Crippen LogP contribution in [0.15, 0.2) is 30.3 Å². The minimum atomic E-state index is -3.67. The van der Waals surface area contributed by atoms with Gasteiger partial charge in [0.1, 0.15) is 29.4 Å². The van der Waals surface area contributed by atoms with Crippen molar-refractivity contribution in [2.24, 2.45) is 5.41 Å². The van der Waals surface area contributed by atoms with Crippen molar-refractivity contribution in [3.8, 4) is 11.1 Å². The highest BCUT2D eigenvalue weighted by molar-refractivity contribution is 7.89. The summed E-state index contributed by atoms with van der Waals surface area (Å²) >= 11 is 0. The number of carbonyl (C=O) groups excluding carboxylic acids is 1. The molecule has 194 valence electrons. The summed E-state index contributed by atoms with van der Waals surface area (Å²) in [5, 5.41) is 0. The summed E-state index contributed by atoms with van der Waals surface area (Å²) < 4.78 is 91.0. The van der Waals surface area contributed by atoms with Crippen LogP contribution in [-0.2, 0) is 26.0 Å². The van der Waals surface area contributed by atoms with E-state index in [4.69, 9.17) is 4.74 Å². The lowest BCUT2D eigenvalue weighted by Crippen LogP contribution is -2.53. The van der Waals surface area contributed by atoms with Crippen LogP contribution >= 0.6 is 0 Å². The Bertz CT molecular complexity index is 1290. The highest BCUT2D eigenvalue weighted by Crippen LogP contribution is 2.56. The molecule has 3 atom stereocenters. The first-order chi connectivity index (χ1) is 17.0. The number of hydrogen-bond acceptors (Lipinski definition) is 4. The number of rotatable bonds is 7. The van der Waals surface area contributed by atoms with Crippen molar-refractivity contribution in [2.45, 2.75) is 50.8 Å². The van der Waals surface area contributed by atoms with Gasteiger partial charge >= 0.3 is 0 Å². The standard InChI is InChI=1S/C25H26F4N2O4S/c1-2-36(33,34)30-23-20(31(13-25(23)4-5-25)24(32)21-3-6-35-21)10-15-9-18(28)12-19(22(15)29)14-7-16(26)11-17(27)8-14/h7-9,11-12,20-21,23,30H,2-6,10,13H2,1H3/t20-,21?,23+/m0/s1. The summed E-state index contributed by atoms with van der Waals surface area (Å²) in [7, 11) is -3.67. The minimum absolute atomic E-state index is 0.120. The van der Waals surface area contributed by atoms with Gasteiger partial charge in [0, 0.05) is 36.1 Å². The second-order valence-corrected chi connectivity index (χ2v) is 11.9. The Morgan fingerprint density at radius 1 is 1.08 bits per heavy atom. The first-order valence-electron chi connectivity index (χ1n) is 11.9. The molecule has 2 heterocycles. The van der Waals surface area contributed by atoms with E-state index in [0.717, 1.165) is 24.3 Å². The predicted molar refractivity (Wildman–Crippen MR) is 123 cm³/mol. The van der Waals surface area contributed by atoms with E-state index in [9.17, 15) is 26.4 Å². The SMILES string of the molecule is CCS(=O)(=O)N[C@@H]1[C@H](Cc2cc(F)cc(-c3cc(F)cc(F)c3)c2F)N(C(=O)C2CCO2)CC12CC2. The third-order valence-corrected chi connectivity index (χ3v) is 8.85. The number of nitrogens with zero attached hydrogens (tertiary/aromatic N) is 1. The molecule has 3 aliphatic rings. The molecule has 6 nitrogen and oxygen atoms in total. The molecule has 36 heavy (non-hydrogen) atoms. The maximum absolute atomic E-state index is 15.7. The minimum Gasteiger partial charge on any atom is -0.368 e. The molecule has 1 unspecified atom stereocenters. The monoisotopic (exact) mass is 526 g/mol. The topological polar surface area (TPSA) is 75.7 Å². The van der Waals surface area contributed by atoms with Gasteiger partial charge in [0.15, 0.2) is 0 Å². The summed E-state index contributed by atoms with van der Waals surface area (Å²) in [6, 6.07) is 2.78. The highest BCUT2D eigenvalue weighted by Gasteiger charge is 2.62. The summed E-state index contributed by atoms with van der Waals surface area (Å²) in [5.74, 6) is -4.06. The normalized spacial score (nSPS) is 24.7. The van der Waals surface area contributed by atoms with Gasteiger partial charge in [-0.05, 0) is 61.6 Å². The fourth-order valence-corrected chi connectivity index (χ4v) is 6.24. The third kappa shape index (κ3) is 4.64. The summed E-state index contributed by atoms with van der Waals surface area (Å²) in [6.07, 6.45) is 1.08. The Labute approximate surface area is 206 Å². The number of carbonyl (C=O) groups is 1. The summed E-state index contributed by atoms with van der Waals surface area (Å²) in [4.78, 5) is 14.7. The molecule has 0 aromatic heterocycles. The van der Waals surface area contributed by atoms with Crippen LogP contribution in [-0.4, -0.2) is 56.3 Å². The zero-order valence-electron chi connectivity index (χ0n) is 19.6. The van der Waals surface area contributed by atoms with Crippen LogP contribution in [0, 0.1) is 28.7 Å². The second kappa shape index (κ2) is 9.11. The molecule has 2 aromatic carbocycles. The van der Waals surface area contributed by atoms with E-state index in [1.165, 1.54) is 11.8 Å². The largest absolute Gasteiger partial charge is 0.368 e. The molecule has 2 saturated heterocycles. The van der Waals surface area contributed by atoms with Gasteiger partial charge in [0.05, 0.1) is 18.4 Å². The van der Waals surface area contributed by atoms with E-state index in [2.05, 4.69) is 4.72 Å². The maximum Gasteiger partial charge on any atom is 0.252 e. The van der Waals surface area contributed by atoms with Gasteiger partial charge in [-0.3, -0.25) is 4.79 Å². The van der Waals surface area contributed by atoms with Gasteiger partial charge in [-0.25, -0.2) is 30.7 Å². The fourth-order valence-electron chi connectivity index (χ4n) is 5.28. The van der Waals surface area contributed by atoms with E-state index in [-0.39, 0.29) is 41.3 Å². The molecule has 2 aliphatic heterocycles. The Morgan fingerprint density at radius 3 is 2.28 bits per heavy atom. The third-order valence-electron chi connectivity index (χ3n) is 7.48. The number of sulfonamides is 1. The van der Waals surface area contributed by atoms with E-state index in [1.54, 1.807) is 0 Å². The van der Waals surface area contributed by atoms with Crippen LogP contribution in [0.25, 0.3) is 11.1 Å². The van der Waals surface area contributed by atoms with Gasteiger partial charge < -0.3 is 9.64 Å². The Morgan fingerprint density at radius 2 is 1.72 bits per heavy atom. The first kappa shape index (κ1) is 25.2. The molecule has 11 heteroatoms. The highest BCUT2D eigenvalue weighted by atomic mass is 32.2. The van der Waals surface area contributed by atoms with Gasteiger partial charge in [0.25, 0.3) is 5.91 Å². The van der Waals surface area contributed by atoms with Crippen molar-refractivity contribution < 1.29 is 35.5 Å². The molecule has 1 saturated carbocycles. The average molecular weight is 527 g/mol. The van der Waals surface area contributed by atoms with Crippen LogP contribution in [0.4, 0.5) is 17.6 Å². The zero-order valence-corrected chi connectivity index (χ0v) is 20.4.